The van der Waals surface area contributed by atoms with Crippen molar-refractivity contribution in [2.24, 2.45) is 12.8 Å². The molecule has 0 bridgehead atoms. The number of primary amides is 1. The zero-order chi connectivity index (χ0) is 24.1. The summed E-state index contributed by atoms with van der Waals surface area (Å²) in [5.41, 5.74) is 6.82. The highest BCUT2D eigenvalue weighted by Gasteiger charge is 2.35. The third-order valence-electron chi connectivity index (χ3n) is 5.26. The van der Waals surface area contributed by atoms with E-state index < -0.39 is 23.7 Å². The molecule has 3 heterocycles. The maximum Gasteiger partial charge on any atom is 0.433 e. The van der Waals surface area contributed by atoms with Gasteiger partial charge in [0.15, 0.2) is 0 Å². The number of thiophene rings is 1. The fourth-order valence-corrected chi connectivity index (χ4v) is 4.41. The number of carbonyl (C=O) groups excluding carboxylic acids is 2. The quantitative estimate of drug-likeness (QED) is 0.449. The predicted molar refractivity (Wildman–Crippen MR) is 119 cm³/mol. The van der Waals surface area contributed by atoms with Crippen molar-refractivity contribution in [3.05, 3.63) is 63.9 Å². The van der Waals surface area contributed by atoms with Crippen molar-refractivity contribution in [1.29, 1.82) is 0 Å². The average molecular weight is 473 g/mol. The van der Waals surface area contributed by atoms with Crippen molar-refractivity contribution in [2.75, 3.05) is 5.32 Å². The number of aromatic nitrogens is 3. The van der Waals surface area contributed by atoms with Gasteiger partial charge in [-0.05, 0) is 31.0 Å². The standard InChI is InChI=1S/C22H18F3N5O2S/c1-10-4-6-12(7-5-10)13-8-15(22(23,24)25)28-21-16(13)17(18(33-21)19(26)31)29-20(32)14-9-27-30(3)11(14)2/h4-9H,1-3H3,(H2,26,31)(H,29,32). The van der Waals surface area contributed by atoms with Crippen LogP contribution in [-0.4, -0.2) is 26.6 Å². The molecule has 2 amide bonds. The molecule has 0 spiro atoms. The first-order chi connectivity index (χ1) is 15.5. The summed E-state index contributed by atoms with van der Waals surface area (Å²) >= 11 is 0.700. The molecule has 3 N–H and O–H groups in total. The largest absolute Gasteiger partial charge is 0.433 e. The topological polar surface area (TPSA) is 103 Å². The number of benzene rings is 1. The van der Waals surface area contributed by atoms with Gasteiger partial charge in [0.05, 0.1) is 17.4 Å². The summed E-state index contributed by atoms with van der Waals surface area (Å²) in [5.74, 6) is -1.46. The Hall–Kier alpha value is -3.73. The fourth-order valence-electron chi connectivity index (χ4n) is 3.40. The lowest BCUT2D eigenvalue weighted by atomic mass is 10.00. The van der Waals surface area contributed by atoms with Gasteiger partial charge in [0.1, 0.15) is 15.4 Å². The molecule has 0 saturated carbocycles. The van der Waals surface area contributed by atoms with Crippen molar-refractivity contribution in [1.82, 2.24) is 14.8 Å². The number of hydrogen-bond acceptors (Lipinski definition) is 5. The van der Waals surface area contributed by atoms with Crippen molar-refractivity contribution < 1.29 is 22.8 Å². The van der Waals surface area contributed by atoms with Crippen LogP contribution in [0.4, 0.5) is 18.9 Å². The predicted octanol–water partition coefficient (Wildman–Crippen LogP) is 4.68. The van der Waals surface area contributed by atoms with Crippen molar-refractivity contribution >= 4 is 39.1 Å². The second-order valence-corrected chi connectivity index (χ2v) is 8.49. The van der Waals surface area contributed by atoms with E-state index in [-0.39, 0.29) is 31.9 Å². The number of carbonyl (C=O) groups is 2. The molecule has 0 unspecified atom stereocenters. The summed E-state index contributed by atoms with van der Waals surface area (Å²) in [6, 6.07) is 7.77. The van der Waals surface area contributed by atoms with Crippen molar-refractivity contribution in [3.8, 4) is 11.1 Å². The highest BCUT2D eigenvalue weighted by Crippen LogP contribution is 2.43. The van der Waals surface area contributed by atoms with E-state index in [1.165, 1.54) is 10.9 Å². The first-order valence-corrected chi connectivity index (χ1v) is 10.5. The number of nitrogens with two attached hydrogens (primary N) is 1. The minimum Gasteiger partial charge on any atom is -0.365 e. The Kier molecular flexibility index (Phi) is 5.44. The van der Waals surface area contributed by atoms with Crippen LogP contribution in [0, 0.1) is 13.8 Å². The SMILES string of the molecule is Cc1ccc(-c2cc(C(F)(F)F)nc3sc(C(N)=O)c(NC(=O)c4cnn(C)c4C)c23)cc1. The summed E-state index contributed by atoms with van der Waals surface area (Å²) < 4.78 is 42.3. The first kappa shape index (κ1) is 22.5. The van der Waals surface area contributed by atoms with E-state index in [9.17, 15) is 22.8 Å². The molecule has 0 radical (unpaired) electrons. The summed E-state index contributed by atoms with van der Waals surface area (Å²) in [6.45, 7) is 3.54. The molecule has 170 valence electrons. The van der Waals surface area contributed by atoms with Gasteiger partial charge in [-0.3, -0.25) is 14.3 Å². The minimum atomic E-state index is -4.71. The Morgan fingerprint density at radius 2 is 1.82 bits per heavy atom. The number of halogens is 3. The molecule has 0 aliphatic heterocycles. The number of amides is 2. The third kappa shape index (κ3) is 4.07. The van der Waals surface area contributed by atoms with E-state index in [2.05, 4.69) is 15.4 Å². The van der Waals surface area contributed by atoms with Crippen LogP contribution in [0.5, 0.6) is 0 Å². The van der Waals surface area contributed by atoms with Crippen LogP contribution in [0.3, 0.4) is 0 Å². The molecule has 3 aromatic heterocycles. The molecule has 11 heteroatoms. The Morgan fingerprint density at radius 3 is 2.36 bits per heavy atom. The number of anilines is 1. The van der Waals surface area contributed by atoms with Gasteiger partial charge in [0.2, 0.25) is 0 Å². The Labute approximate surface area is 190 Å². The molecule has 4 aromatic rings. The maximum atomic E-state index is 13.6. The highest BCUT2D eigenvalue weighted by molar-refractivity contribution is 7.21. The van der Waals surface area contributed by atoms with Gasteiger partial charge >= 0.3 is 6.18 Å². The number of nitrogens with zero attached hydrogens (tertiary/aromatic N) is 3. The molecule has 33 heavy (non-hydrogen) atoms. The van der Waals surface area contributed by atoms with E-state index in [1.807, 2.05) is 6.92 Å². The van der Waals surface area contributed by atoms with Gasteiger partial charge < -0.3 is 11.1 Å². The first-order valence-electron chi connectivity index (χ1n) is 9.69. The fraction of sp³-hybridized carbons (Fsp3) is 0.182. The van der Waals surface area contributed by atoms with Crippen LogP contribution in [0.2, 0.25) is 0 Å². The molecular weight excluding hydrogens is 455 g/mol. The molecule has 0 atom stereocenters. The van der Waals surface area contributed by atoms with Crippen LogP contribution >= 0.6 is 11.3 Å². The van der Waals surface area contributed by atoms with Crippen LogP contribution in [0.1, 0.15) is 37.0 Å². The summed E-state index contributed by atoms with van der Waals surface area (Å²) in [4.78, 5) is 28.7. The van der Waals surface area contributed by atoms with E-state index in [4.69, 9.17) is 5.73 Å². The van der Waals surface area contributed by atoms with E-state index in [0.717, 1.165) is 11.6 Å². The number of aryl methyl sites for hydroxylation is 2. The second kappa shape index (κ2) is 8.00. The Morgan fingerprint density at radius 1 is 1.15 bits per heavy atom. The van der Waals surface area contributed by atoms with E-state index >= 15 is 0 Å². The number of pyridine rings is 1. The van der Waals surface area contributed by atoms with Gasteiger partial charge in [0.25, 0.3) is 11.8 Å². The number of fused-ring (bicyclic) bond motifs is 1. The molecule has 0 fully saturated rings. The summed E-state index contributed by atoms with van der Waals surface area (Å²) in [5, 5.41) is 6.90. The summed E-state index contributed by atoms with van der Waals surface area (Å²) in [6.07, 6.45) is -3.34. The summed E-state index contributed by atoms with van der Waals surface area (Å²) in [7, 11) is 1.67. The van der Waals surface area contributed by atoms with Crippen LogP contribution < -0.4 is 11.1 Å². The smallest absolute Gasteiger partial charge is 0.365 e. The minimum absolute atomic E-state index is 0.0209. The monoisotopic (exact) mass is 473 g/mol. The normalized spacial score (nSPS) is 11.7. The molecule has 7 nitrogen and oxygen atoms in total. The van der Waals surface area contributed by atoms with Crippen LogP contribution in [0.15, 0.2) is 36.5 Å². The van der Waals surface area contributed by atoms with E-state index in [1.54, 1.807) is 38.2 Å². The maximum absolute atomic E-state index is 13.6. The number of hydrogen-bond donors (Lipinski definition) is 2. The Bertz CT molecular complexity index is 1400. The number of rotatable bonds is 4. The van der Waals surface area contributed by atoms with Gasteiger partial charge in [-0.2, -0.15) is 18.3 Å². The van der Waals surface area contributed by atoms with Crippen LogP contribution in [0.25, 0.3) is 21.3 Å². The molecule has 0 saturated heterocycles. The van der Waals surface area contributed by atoms with Crippen molar-refractivity contribution in [3.63, 3.8) is 0 Å². The highest BCUT2D eigenvalue weighted by atomic mass is 32.1. The lowest BCUT2D eigenvalue weighted by Gasteiger charge is -2.12. The van der Waals surface area contributed by atoms with Gasteiger partial charge in [0, 0.05) is 18.1 Å². The zero-order valence-corrected chi connectivity index (χ0v) is 18.6. The molecule has 0 aliphatic rings. The van der Waals surface area contributed by atoms with Gasteiger partial charge in [-0.15, -0.1) is 11.3 Å². The zero-order valence-electron chi connectivity index (χ0n) is 17.7. The van der Waals surface area contributed by atoms with E-state index in [0.29, 0.717) is 22.6 Å². The number of nitrogens with one attached hydrogen (secondary N) is 1. The van der Waals surface area contributed by atoms with Crippen LogP contribution in [-0.2, 0) is 13.2 Å². The average Bonchev–Trinajstić information content (AvgIpc) is 3.27. The molecular formula is C22H18F3N5O2S. The molecule has 1 aromatic carbocycles. The molecule has 0 aliphatic carbocycles. The Balaban J connectivity index is 1.99. The molecule has 4 rings (SSSR count). The second-order valence-electron chi connectivity index (χ2n) is 7.49. The van der Waals surface area contributed by atoms with Gasteiger partial charge in [-0.25, -0.2) is 4.98 Å². The lowest BCUT2D eigenvalue weighted by Crippen LogP contribution is -2.17. The number of alkyl halides is 3. The third-order valence-corrected chi connectivity index (χ3v) is 6.36. The van der Waals surface area contributed by atoms with Gasteiger partial charge in [-0.1, -0.05) is 29.8 Å². The lowest BCUT2D eigenvalue weighted by molar-refractivity contribution is -0.140. The van der Waals surface area contributed by atoms with Crippen molar-refractivity contribution in [2.45, 2.75) is 20.0 Å².